The molecule has 0 aliphatic rings. The lowest BCUT2D eigenvalue weighted by Crippen LogP contribution is -2.20. The van der Waals surface area contributed by atoms with Crippen molar-refractivity contribution in [1.82, 2.24) is 19.8 Å². The summed E-state index contributed by atoms with van der Waals surface area (Å²) in [7, 11) is 0. The van der Waals surface area contributed by atoms with E-state index in [0.717, 1.165) is 10.6 Å². The Morgan fingerprint density at radius 2 is 2.12 bits per heavy atom. The Bertz CT molecular complexity index is 1050. The molecule has 2 heterocycles. The zero-order valence-corrected chi connectivity index (χ0v) is 14.1. The van der Waals surface area contributed by atoms with Crippen LogP contribution in [-0.4, -0.2) is 32.3 Å². The molecule has 0 spiro atoms. The predicted octanol–water partition coefficient (Wildman–Crippen LogP) is 3.01. The Balaban J connectivity index is 1.44. The molecular formula is C17H12FN5O2S. The molecule has 0 bridgehead atoms. The summed E-state index contributed by atoms with van der Waals surface area (Å²) in [5.41, 5.74) is 1.43. The maximum atomic E-state index is 13.5. The van der Waals surface area contributed by atoms with Crippen molar-refractivity contribution >= 4 is 27.9 Å². The second-order valence-corrected chi connectivity index (χ2v) is 6.27. The van der Waals surface area contributed by atoms with Crippen molar-refractivity contribution in [2.45, 2.75) is 0 Å². The lowest BCUT2D eigenvalue weighted by Gasteiger charge is -2.08. The lowest BCUT2D eigenvalue weighted by molar-refractivity contribution is -0.118. The molecule has 0 atom stereocenters. The fourth-order valence-corrected chi connectivity index (χ4v) is 3.12. The summed E-state index contributed by atoms with van der Waals surface area (Å²) in [6.45, 7) is -0.290. The van der Waals surface area contributed by atoms with Crippen LogP contribution < -0.4 is 10.1 Å². The Morgan fingerprint density at radius 3 is 2.96 bits per heavy atom. The maximum absolute atomic E-state index is 13.5. The van der Waals surface area contributed by atoms with E-state index in [4.69, 9.17) is 4.74 Å². The number of benzene rings is 2. The molecule has 4 rings (SSSR count). The predicted molar refractivity (Wildman–Crippen MR) is 94.6 cm³/mol. The summed E-state index contributed by atoms with van der Waals surface area (Å²) in [5.74, 6) is -0.856. The van der Waals surface area contributed by atoms with Gasteiger partial charge in [-0.15, -0.1) is 10.2 Å². The zero-order valence-electron chi connectivity index (χ0n) is 13.3. The smallest absolute Gasteiger partial charge is 0.262 e. The van der Waals surface area contributed by atoms with Crippen molar-refractivity contribution in [3.8, 4) is 16.3 Å². The molecule has 130 valence electrons. The normalized spacial score (nSPS) is 10.8. The van der Waals surface area contributed by atoms with Crippen LogP contribution in [0.25, 0.3) is 15.5 Å². The van der Waals surface area contributed by atoms with Crippen LogP contribution in [0, 0.1) is 5.82 Å². The van der Waals surface area contributed by atoms with Crippen molar-refractivity contribution in [1.29, 1.82) is 0 Å². The molecule has 7 nitrogen and oxygen atoms in total. The number of aromatic nitrogens is 4. The quantitative estimate of drug-likeness (QED) is 0.585. The number of carbonyl (C=O) groups excluding carboxylic acids is 1. The lowest BCUT2D eigenvalue weighted by atomic mass is 10.2. The van der Waals surface area contributed by atoms with Crippen LogP contribution in [0.1, 0.15) is 0 Å². The molecule has 4 aromatic rings. The number of nitrogens with zero attached hydrogens (tertiary/aromatic N) is 4. The molecule has 1 amide bonds. The molecule has 0 radical (unpaired) electrons. The minimum absolute atomic E-state index is 0.0381. The van der Waals surface area contributed by atoms with Crippen molar-refractivity contribution < 1.29 is 13.9 Å². The van der Waals surface area contributed by atoms with E-state index in [1.54, 1.807) is 28.8 Å². The van der Waals surface area contributed by atoms with Gasteiger partial charge in [0.05, 0.1) is 0 Å². The number of anilines is 1. The summed E-state index contributed by atoms with van der Waals surface area (Å²) >= 11 is 1.39. The number of halogens is 1. The SMILES string of the molecule is O=C(COc1ccccc1F)Nc1cccc(-c2nn3cnnc3s2)c1. The van der Waals surface area contributed by atoms with Gasteiger partial charge in [0.15, 0.2) is 18.2 Å². The van der Waals surface area contributed by atoms with E-state index in [2.05, 4.69) is 20.6 Å². The number of fused-ring (bicyclic) bond motifs is 1. The third kappa shape index (κ3) is 3.38. The molecule has 0 aliphatic heterocycles. The minimum Gasteiger partial charge on any atom is -0.481 e. The molecule has 2 aromatic carbocycles. The van der Waals surface area contributed by atoms with Crippen molar-refractivity contribution in [3.05, 3.63) is 60.7 Å². The molecule has 2 aromatic heterocycles. The first-order chi connectivity index (χ1) is 12.7. The monoisotopic (exact) mass is 369 g/mol. The molecule has 9 heteroatoms. The zero-order chi connectivity index (χ0) is 17.9. The molecule has 0 fully saturated rings. The molecule has 1 N–H and O–H groups in total. The van der Waals surface area contributed by atoms with Crippen LogP contribution in [0.4, 0.5) is 10.1 Å². The van der Waals surface area contributed by atoms with Gasteiger partial charge in [-0.3, -0.25) is 4.79 Å². The average Bonchev–Trinajstić information content (AvgIpc) is 3.23. The van der Waals surface area contributed by atoms with Crippen molar-refractivity contribution in [3.63, 3.8) is 0 Å². The van der Waals surface area contributed by atoms with Gasteiger partial charge in [0.2, 0.25) is 4.96 Å². The summed E-state index contributed by atoms with van der Waals surface area (Å²) in [4.78, 5) is 12.7. The topological polar surface area (TPSA) is 81.4 Å². The standard InChI is InChI=1S/C17H12FN5O2S/c18-13-6-1-2-7-14(13)25-9-15(24)20-12-5-3-4-11(8-12)16-22-23-10-19-21-17(23)26-16/h1-8,10H,9H2,(H,20,24). The number of rotatable bonds is 5. The van der Waals surface area contributed by atoms with Gasteiger partial charge in [-0.25, -0.2) is 4.39 Å². The number of ether oxygens (including phenoxy) is 1. The molecular weight excluding hydrogens is 357 g/mol. The van der Waals surface area contributed by atoms with Gasteiger partial charge in [-0.05, 0) is 24.3 Å². The highest BCUT2D eigenvalue weighted by Gasteiger charge is 2.10. The van der Waals surface area contributed by atoms with Gasteiger partial charge >= 0.3 is 0 Å². The minimum atomic E-state index is -0.509. The maximum Gasteiger partial charge on any atom is 0.262 e. The van der Waals surface area contributed by atoms with Crippen molar-refractivity contribution in [2.24, 2.45) is 0 Å². The van der Waals surface area contributed by atoms with E-state index in [9.17, 15) is 9.18 Å². The van der Waals surface area contributed by atoms with Crippen LogP contribution in [0.3, 0.4) is 0 Å². The highest BCUT2D eigenvalue weighted by molar-refractivity contribution is 7.19. The average molecular weight is 369 g/mol. The second kappa shape index (κ2) is 6.89. The van der Waals surface area contributed by atoms with Crippen LogP contribution >= 0.6 is 11.3 Å². The Kier molecular flexibility index (Phi) is 4.28. The van der Waals surface area contributed by atoms with E-state index in [1.807, 2.05) is 12.1 Å². The fraction of sp³-hybridized carbons (Fsp3) is 0.0588. The van der Waals surface area contributed by atoms with Crippen LogP contribution in [0.5, 0.6) is 5.75 Å². The first kappa shape index (κ1) is 16.2. The highest BCUT2D eigenvalue weighted by Crippen LogP contribution is 2.26. The number of hydrogen-bond acceptors (Lipinski definition) is 6. The molecule has 0 aliphatic carbocycles. The summed E-state index contributed by atoms with van der Waals surface area (Å²) in [6, 6.07) is 13.2. The van der Waals surface area contributed by atoms with Gasteiger partial charge in [-0.2, -0.15) is 9.61 Å². The van der Waals surface area contributed by atoms with Crippen molar-refractivity contribution in [2.75, 3.05) is 11.9 Å². The molecule has 0 saturated heterocycles. The van der Waals surface area contributed by atoms with Crippen LogP contribution in [-0.2, 0) is 4.79 Å². The van der Waals surface area contributed by atoms with E-state index in [0.29, 0.717) is 10.6 Å². The van der Waals surface area contributed by atoms with E-state index in [-0.39, 0.29) is 18.3 Å². The fourth-order valence-electron chi connectivity index (χ4n) is 2.31. The number of hydrogen-bond donors (Lipinski definition) is 1. The molecule has 0 saturated carbocycles. The Hall–Kier alpha value is -3.33. The van der Waals surface area contributed by atoms with Gasteiger partial charge < -0.3 is 10.1 Å². The van der Waals surface area contributed by atoms with Crippen LogP contribution in [0.15, 0.2) is 54.9 Å². The van der Waals surface area contributed by atoms with Gasteiger partial charge in [-0.1, -0.05) is 35.6 Å². The highest BCUT2D eigenvalue weighted by atomic mass is 32.1. The first-order valence-corrected chi connectivity index (χ1v) is 8.45. The van der Waals surface area contributed by atoms with Gasteiger partial charge in [0.25, 0.3) is 5.91 Å². The number of carbonyl (C=O) groups is 1. The third-order valence-electron chi connectivity index (χ3n) is 3.48. The van der Waals surface area contributed by atoms with E-state index < -0.39 is 5.82 Å². The second-order valence-electron chi connectivity index (χ2n) is 5.31. The van der Waals surface area contributed by atoms with E-state index in [1.165, 1.54) is 29.8 Å². The van der Waals surface area contributed by atoms with Crippen LogP contribution in [0.2, 0.25) is 0 Å². The Morgan fingerprint density at radius 1 is 1.23 bits per heavy atom. The number of para-hydroxylation sites is 1. The number of amides is 1. The first-order valence-electron chi connectivity index (χ1n) is 7.63. The molecule has 0 unspecified atom stereocenters. The third-order valence-corrected chi connectivity index (χ3v) is 4.44. The summed E-state index contributed by atoms with van der Waals surface area (Å²) < 4.78 is 20.3. The van der Waals surface area contributed by atoms with E-state index >= 15 is 0 Å². The summed E-state index contributed by atoms with van der Waals surface area (Å²) in [5, 5.41) is 15.6. The number of nitrogens with one attached hydrogen (secondary N) is 1. The molecule has 26 heavy (non-hydrogen) atoms. The largest absolute Gasteiger partial charge is 0.481 e. The summed E-state index contributed by atoms with van der Waals surface area (Å²) in [6.07, 6.45) is 1.53. The van der Waals surface area contributed by atoms with Gasteiger partial charge in [0, 0.05) is 11.3 Å². The van der Waals surface area contributed by atoms with Gasteiger partial charge in [0.1, 0.15) is 11.3 Å². The Labute approximate surface area is 151 Å².